The van der Waals surface area contributed by atoms with Crippen molar-refractivity contribution in [1.29, 1.82) is 0 Å². The maximum Gasteiger partial charge on any atom is 0.287 e. The van der Waals surface area contributed by atoms with Crippen LogP contribution in [0.4, 0.5) is 0 Å². The summed E-state index contributed by atoms with van der Waals surface area (Å²) in [6.45, 7) is 9.49. The van der Waals surface area contributed by atoms with Crippen molar-refractivity contribution in [3.05, 3.63) is 24.2 Å². The highest BCUT2D eigenvalue weighted by atomic mass is 16.3. The molecule has 0 spiro atoms. The fourth-order valence-electron chi connectivity index (χ4n) is 2.80. The van der Waals surface area contributed by atoms with E-state index in [9.17, 15) is 4.79 Å². The summed E-state index contributed by atoms with van der Waals surface area (Å²) >= 11 is 0. The summed E-state index contributed by atoms with van der Waals surface area (Å²) in [7, 11) is 2.16. The zero-order chi connectivity index (χ0) is 15.2. The molecule has 1 N–H and O–H groups in total. The quantitative estimate of drug-likeness (QED) is 0.867. The smallest absolute Gasteiger partial charge is 0.287 e. The predicted molar refractivity (Wildman–Crippen MR) is 83.4 cm³/mol. The number of hydrogen-bond donors (Lipinski definition) is 1. The molecule has 0 aliphatic carbocycles. The molecule has 1 amide bonds. The van der Waals surface area contributed by atoms with Crippen molar-refractivity contribution >= 4 is 5.91 Å². The van der Waals surface area contributed by atoms with Crippen LogP contribution in [-0.4, -0.2) is 61.5 Å². The van der Waals surface area contributed by atoms with Crippen LogP contribution in [0.5, 0.6) is 0 Å². The molecule has 1 aromatic heterocycles. The molecule has 0 aromatic carbocycles. The highest BCUT2D eigenvalue weighted by molar-refractivity contribution is 5.91. The normalized spacial score (nSPS) is 18.9. The molecule has 5 heteroatoms. The molecule has 118 valence electrons. The standard InChI is InChI=1S/C16H27N3O2/c1-13(2)11-14(19-8-6-18(3)7-9-19)12-17-16(20)15-5-4-10-21-15/h4-5,10,13-14H,6-9,11-12H2,1-3H3,(H,17,20). The SMILES string of the molecule is CC(C)CC(CNC(=O)c1ccco1)N1CCN(C)CC1. The molecule has 1 aliphatic heterocycles. The monoisotopic (exact) mass is 293 g/mol. The molecule has 21 heavy (non-hydrogen) atoms. The van der Waals surface area contributed by atoms with Gasteiger partial charge in [-0.2, -0.15) is 0 Å². The second kappa shape index (κ2) is 7.61. The van der Waals surface area contributed by atoms with E-state index >= 15 is 0 Å². The third kappa shape index (κ3) is 4.86. The molecule has 0 bridgehead atoms. The van der Waals surface area contributed by atoms with Crippen LogP contribution >= 0.6 is 0 Å². The van der Waals surface area contributed by atoms with Gasteiger partial charge in [0.15, 0.2) is 5.76 Å². The minimum Gasteiger partial charge on any atom is -0.459 e. The Morgan fingerprint density at radius 1 is 1.33 bits per heavy atom. The number of furan rings is 1. The van der Waals surface area contributed by atoms with Gasteiger partial charge in [0.2, 0.25) is 0 Å². The van der Waals surface area contributed by atoms with E-state index in [0.717, 1.165) is 32.6 Å². The van der Waals surface area contributed by atoms with Crippen LogP contribution in [0.1, 0.15) is 30.8 Å². The van der Waals surface area contributed by atoms with Crippen LogP contribution in [0.2, 0.25) is 0 Å². The lowest BCUT2D eigenvalue weighted by molar-refractivity contribution is 0.0831. The zero-order valence-electron chi connectivity index (χ0n) is 13.3. The van der Waals surface area contributed by atoms with Gasteiger partial charge in [0.25, 0.3) is 5.91 Å². The van der Waals surface area contributed by atoms with E-state index in [4.69, 9.17) is 4.42 Å². The van der Waals surface area contributed by atoms with Gasteiger partial charge in [-0.1, -0.05) is 13.8 Å². The largest absolute Gasteiger partial charge is 0.459 e. The molecule has 1 aliphatic rings. The minimum atomic E-state index is -0.122. The Labute approximate surface area is 127 Å². The topological polar surface area (TPSA) is 48.7 Å². The Hall–Kier alpha value is -1.33. The van der Waals surface area contributed by atoms with E-state index in [1.54, 1.807) is 12.1 Å². The van der Waals surface area contributed by atoms with Gasteiger partial charge in [0, 0.05) is 38.8 Å². The number of likely N-dealkylation sites (N-methyl/N-ethyl adjacent to an activating group) is 1. The molecule has 0 saturated carbocycles. The minimum absolute atomic E-state index is 0.122. The van der Waals surface area contributed by atoms with Crippen molar-refractivity contribution in [2.45, 2.75) is 26.3 Å². The summed E-state index contributed by atoms with van der Waals surface area (Å²) in [6, 6.07) is 3.83. The Morgan fingerprint density at radius 2 is 2.05 bits per heavy atom. The van der Waals surface area contributed by atoms with Crippen LogP contribution in [0, 0.1) is 5.92 Å². The fraction of sp³-hybridized carbons (Fsp3) is 0.688. The second-order valence-corrected chi connectivity index (χ2v) is 6.31. The summed E-state index contributed by atoms with van der Waals surface area (Å²) in [5.74, 6) is 0.884. The lowest BCUT2D eigenvalue weighted by atomic mass is 10.0. The maximum absolute atomic E-state index is 12.0. The van der Waals surface area contributed by atoms with Gasteiger partial charge in [0.1, 0.15) is 0 Å². The fourth-order valence-corrected chi connectivity index (χ4v) is 2.80. The molecule has 2 rings (SSSR count). The number of carbonyl (C=O) groups excluding carboxylic acids is 1. The highest BCUT2D eigenvalue weighted by Crippen LogP contribution is 2.13. The van der Waals surface area contributed by atoms with Crippen molar-refractivity contribution in [2.75, 3.05) is 39.8 Å². The van der Waals surface area contributed by atoms with Crippen molar-refractivity contribution < 1.29 is 9.21 Å². The molecule has 1 fully saturated rings. The lowest BCUT2D eigenvalue weighted by Gasteiger charge is -2.38. The second-order valence-electron chi connectivity index (χ2n) is 6.31. The van der Waals surface area contributed by atoms with Crippen LogP contribution in [-0.2, 0) is 0 Å². The molecule has 2 heterocycles. The van der Waals surface area contributed by atoms with E-state index in [0.29, 0.717) is 24.3 Å². The average molecular weight is 293 g/mol. The summed E-state index contributed by atoms with van der Waals surface area (Å²) in [5, 5.41) is 3.01. The van der Waals surface area contributed by atoms with E-state index in [2.05, 4.69) is 36.0 Å². The van der Waals surface area contributed by atoms with E-state index in [-0.39, 0.29) is 5.91 Å². The van der Waals surface area contributed by atoms with E-state index < -0.39 is 0 Å². The van der Waals surface area contributed by atoms with Crippen molar-refractivity contribution in [1.82, 2.24) is 15.1 Å². The number of piperazine rings is 1. The Bertz CT molecular complexity index is 423. The van der Waals surface area contributed by atoms with Crippen LogP contribution < -0.4 is 5.32 Å². The molecule has 0 radical (unpaired) electrons. The number of rotatable bonds is 6. The number of carbonyl (C=O) groups is 1. The lowest BCUT2D eigenvalue weighted by Crippen LogP contribution is -2.52. The van der Waals surface area contributed by atoms with Crippen LogP contribution in [0.3, 0.4) is 0 Å². The molecule has 5 nitrogen and oxygen atoms in total. The Balaban J connectivity index is 1.88. The number of hydrogen-bond acceptors (Lipinski definition) is 4. The average Bonchev–Trinajstić information content (AvgIpc) is 2.98. The predicted octanol–water partition coefficient (Wildman–Crippen LogP) is 1.67. The molecule has 1 saturated heterocycles. The molecule has 1 atom stereocenters. The third-order valence-electron chi connectivity index (χ3n) is 4.04. The zero-order valence-corrected chi connectivity index (χ0v) is 13.3. The first-order valence-electron chi connectivity index (χ1n) is 7.80. The first kappa shape index (κ1) is 16.0. The van der Waals surface area contributed by atoms with E-state index in [1.807, 2.05) is 0 Å². The number of nitrogens with one attached hydrogen (secondary N) is 1. The maximum atomic E-state index is 12.0. The summed E-state index contributed by atoms with van der Waals surface area (Å²) < 4.78 is 5.14. The first-order valence-corrected chi connectivity index (χ1v) is 7.80. The number of nitrogens with zero attached hydrogens (tertiary/aromatic N) is 2. The molecular formula is C16H27N3O2. The van der Waals surface area contributed by atoms with Gasteiger partial charge >= 0.3 is 0 Å². The van der Waals surface area contributed by atoms with Crippen molar-refractivity contribution in [2.24, 2.45) is 5.92 Å². The van der Waals surface area contributed by atoms with Crippen LogP contribution in [0.15, 0.2) is 22.8 Å². The number of amides is 1. The Kier molecular flexibility index (Phi) is 5.82. The van der Waals surface area contributed by atoms with Crippen LogP contribution in [0.25, 0.3) is 0 Å². The molecular weight excluding hydrogens is 266 g/mol. The third-order valence-corrected chi connectivity index (χ3v) is 4.04. The Morgan fingerprint density at radius 3 is 2.62 bits per heavy atom. The van der Waals surface area contributed by atoms with Gasteiger partial charge in [-0.15, -0.1) is 0 Å². The van der Waals surface area contributed by atoms with E-state index in [1.165, 1.54) is 6.26 Å². The van der Waals surface area contributed by atoms with Gasteiger partial charge in [-0.25, -0.2) is 0 Å². The van der Waals surface area contributed by atoms with Gasteiger partial charge in [-0.05, 0) is 31.5 Å². The molecule has 1 aromatic rings. The van der Waals surface area contributed by atoms with Gasteiger partial charge < -0.3 is 14.6 Å². The summed E-state index contributed by atoms with van der Waals surface area (Å²) in [4.78, 5) is 16.9. The molecule has 1 unspecified atom stereocenters. The van der Waals surface area contributed by atoms with Crippen molar-refractivity contribution in [3.63, 3.8) is 0 Å². The summed E-state index contributed by atoms with van der Waals surface area (Å²) in [5.41, 5.74) is 0. The van der Waals surface area contributed by atoms with Crippen molar-refractivity contribution in [3.8, 4) is 0 Å². The van der Waals surface area contributed by atoms with Gasteiger partial charge in [0.05, 0.1) is 6.26 Å². The highest BCUT2D eigenvalue weighted by Gasteiger charge is 2.24. The van der Waals surface area contributed by atoms with Gasteiger partial charge in [-0.3, -0.25) is 9.69 Å². The first-order chi connectivity index (χ1) is 10.1. The summed E-state index contributed by atoms with van der Waals surface area (Å²) in [6.07, 6.45) is 2.63.